The predicted molar refractivity (Wildman–Crippen MR) is 97.1 cm³/mol. The van der Waals surface area contributed by atoms with Gasteiger partial charge in [-0.05, 0) is 45.7 Å². The monoisotopic (exact) mass is 328 g/mol. The van der Waals surface area contributed by atoms with Gasteiger partial charge in [0.25, 0.3) is 5.91 Å². The first-order valence-electron chi connectivity index (χ1n) is 8.43. The zero-order valence-corrected chi connectivity index (χ0v) is 15.1. The van der Waals surface area contributed by atoms with E-state index in [9.17, 15) is 4.79 Å². The summed E-state index contributed by atoms with van der Waals surface area (Å²) in [7, 11) is 0. The van der Waals surface area contributed by atoms with E-state index in [2.05, 4.69) is 38.0 Å². The Morgan fingerprint density at radius 3 is 2.42 bits per heavy atom. The highest BCUT2D eigenvalue weighted by molar-refractivity contribution is 5.92. The number of carbonyl (C=O) groups excluding carboxylic acids is 1. The first-order chi connectivity index (χ1) is 11.3. The SMILES string of the molecule is Cc1cc(C(=O)N(CCN)CCc2ccccc2)nn1C(C)(C)C. The second-order valence-corrected chi connectivity index (χ2v) is 7.07. The van der Waals surface area contributed by atoms with E-state index in [1.807, 2.05) is 35.9 Å². The second kappa shape index (κ2) is 7.62. The molecule has 0 aliphatic rings. The molecule has 1 amide bonds. The third kappa shape index (κ3) is 4.45. The summed E-state index contributed by atoms with van der Waals surface area (Å²) in [5.41, 5.74) is 8.24. The smallest absolute Gasteiger partial charge is 0.274 e. The molecule has 2 N–H and O–H groups in total. The molecule has 1 heterocycles. The van der Waals surface area contributed by atoms with E-state index in [4.69, 9.17) is 5.73 Å². The fourth-order valence-corrected chi connectivity index (χ4v) is 2.80. The lowest BCUT2D eigenvalue weighted by Crippen LogP contribution is -2.37. The van der Waals surface area contributed by atoms with Crippen LogP contribution in [-0.4, -0.2) is 40.2 Å². The van der Waals surface area contributed by atoms with Crippen LogP contribution in [0.4, 0.5) is 0 Å². The van der Waals surface area contributed by atoms with E-state index in [0.717, 1.165) is 12.1 Å². The van der Waals surface area contributed by atoms with Gasteiger partial charge in [0.05, 0.1) is 5.54 Å². The number of aryl methyl sites for hydroxylation is 1. The van der Waals surface area contributed by atoms with Crippen LogP contribution in [-0.2, 0) is 12.0 Å². The minimum atomic E-state index is -0.147. The van der Waals surface area contributed by atoms with E-state index in [-0.39, 0.29) is 11.4 Å². The maximum atomic E-state index is 12.8. The van der Waals surface area contributed by atoms with Crippen molar-refractivity contribution in [2.24, 2.45) is 5.73 Å². The van der Waals surface area contributed by atoms with Crippen LogP contribution in [0.25, 0.3) is 0 Å². The fourth-order valence-electron chi connectivity index (χ4n) is 2.80. The zero-order chi connectivity index (χ0) is 17.7. The lowest BCUT2D eigenvalue weighted by molar-refractivity contribution is 0.0754. The summed E-state index contributed by atoms with van der Waals surface area (Å²) in [6.45, 7) is 9.83. The lowest BCUT2D eigenvalue weighted by Gasteiger charge is -2.22. The van der Waals surface area contributed by atoms with Crippen LogP contribution in [0, 0.1) is 6.92 Å². The number of aromatic nitrogens is 2. The molecule has 0 atom stereocenters. The highest BCUT2D eigenvalue weighted by atomic mass is 16.2. The number of hydrogen-bond acceptors (Lipinski definition) is 3. The zero-order valence-electron chi connectivity index (χ0n) is 15.1. The number of carbonyl (C=O) groups is 1. The number of hydrogen-bond donors (Lipinski definition) is 1. The summed E-state index contributed by atoms with van der Waals surface area (Å²) in [6.07, 6.45) is 0.811. The molecule has 0 fully saturated rings. The van der Waals surface area contributed by atoms with Crippen LogP contribution in [0.3, 0.4) is 0 Å². The van der Waals surface area contributed by atoms with Crippen molar-refractivity contribution in [1.82, 2.24) is 14.7 Å². The van der Waals surface area contributed by atoms with Crippen molar-refractivity contribution in [1.29, 1.82) is 0 Å². The van der Waals surface area contributed by atoms with Gasteiger partial charge in [0, 0.05) is 25.3 Å². The summed E-state index contributed by atoms with van der Waals surface area (Å²) in [5, 5.41) is 4.52. The van der Waals surface area contributed by atoms with Crippen LogP contribution >= 0.6 is 0 Å². The molecule has 0 radical (unpaired) electrons. The second-order valence-electron chi connectivity index (χ2n) is 7.07. The van der Waals surface area contributed by atoms with Gasteiger partial charge in [-0.25, -0.2) is 0 Å². The molecule has 0 spiro atoms. The van der Waals surface area contributed by atoms with Gasteiger partial charge in [-0.15, -0.1) is 0 Å². The Balaban J connectivity index is 2.14. The van der Waals surface area contributed by atoms with Crippen LogP contribution in [0.1, 0.15) is 42.5 Å². The first-order valence-corrected chi connectivity index (χ1v) is 8.43. The molecule has 2 rings (SSSR count). The van der Waals surface area contributed by atoms with Crippen molar-refractivity contribution < 1.29 is 4.79 Å². The standard InChI is InChI=1S/C19H28N4O/c1-15-14-17(21-23(15)19(2,3)4)18(24)22(13-11-20)12-10-16-8-6-5-7-9-16/h5-9,14H,10-13,20H2,1-4H3. The van der Waals surface area contributed by atoms with Crippen molar-refractivity contribution in [3.05, 3.63) is 53.3 Å². The molecule has 2 aromatic rings. The summed E-state index contributed by atoms with van der Waals surface area (Å²) >= 11 is 0. The van der Waals surface area contributed by atoms with Crippen LogP contribution in [0.2, 0.25) is 0 Å². The van der Waals surface area contributed by atoms with Crippen molar-refractivity contribution >= 4 is 5.91 Å². The fraction of sp³-hybridized carbons (Fsp3) is 0.474. The average molecular weight is 328 g/mol. The summed E-state index contributed by atoms with van der Waals surface area (Å²) in [4.78, 5) is 14.6. The molecule has 24 heavy (non-hydrogen) atoms. The molecular weight excluding hydrogens is 300 g/mol. The highest BCUT2D eigenvalue weighted by Gasteiger charge is 2.23. The van der Waals surface area contributed by atoms with E-state index in [1.165, 1.54) is 5.56 Å². The van der Waals surface area contributed by atoms with Crippen molar-refractivity contribution in [2.75, 3.05) is 19.6 Å². The van der Waals surface area contributed by atoms with Gasteiger partial charge in [0.2, 0.25) is 0 Å². The average Bonchev–Trinajstić information content (AvgIpc) is 2.94. The van der Waals surface area contributed by atoms with Gasteiger partial charge in [-0.3, -0.25) is 9.48 Å². The number of benzene rings is 1. The maximum Gasteiger partial charge on any atom is 0.274 e. The minimum absolute atomic E-state index is 0.0533. The molecule has 5 nitrogen and oxygen atoms in total. The third-order valence-electron chi connectivity index (χ3n) is 3.94. The van der Waals surface area contributed by atoms with E-state index in [1.54, 1.807) is 4.90 Å². The number of amides is 1. The summed E-state index contributed by atoms with van der Waals surface area (Å²) < 4.78 is 1.90. The van der Waals surface area contributed by atoms with Gasteiger partial charge in [0.1, 0.15) is 0 Å². The predicted octanol–water partition coefficient (Wildman–Crippen LogP) is 2.59. The van der Waals surface area contributed by atoms with Crippen molar-refractivity contribution in [2.45, 2.75) is 39.7 Å². The van der Waals surface area contributed by atoms with Crippen LogP contribution in [0.5, 0.6) is 0 Å². The maximum absolute atomic E-state index is 12.8. The van der Waals surface area contributed by atoms with E-state index in [0.29, 0.717) is 25.3 Å². The first kappa shape index (κ1) is 18.2. The number of nitrogens with zero attached hydrogens (tertiary/aromatic N) is 3. The Morgan fingerprint density at radius 2 is 1.88 bits per heavy atom. The molecule has 0 aliphatic carbocycles. The summed E-state index contributed by atoms with van der Waals surface area (Å²) in [6, 6.07) is 12.0. The van der Waals surface area contributed by atoms with E-state index >= 15 is 0 Å². The quantitative estimate of drug-likeness (QED) is 0.886. The molecule has 0 aliphatic heterocycles. The molecule has 5 heteroatoms. The van der Waals surface area contributed by atoms with Crippen LogP contribution in [0.15, 0.2) is 36.4 Å². The normalized spacial score (nSPS) is 11.5. The van der Waals surface area contributed by atoms with Crippen molar-refractivity contribution in [3.8, 4) is 0 Å². The topological polar surface area (TPSA) is 64.2 Å². The molecule has 1 aromatic heterocycles. The minimum Gasteiger partial charge on any atom is -0.336 e. The highest BCUT2D eigenvalue weighted by Crippen LogP contribution is 2.17. The Morgan fingerprint density at radius 1 is 1.21 bits per heavy atom. The Bertz CT molecular complexity index is 670. The number of nitrogens with two attached hydrogens (primary N) is 1. The van der Waals surface area contributed by atoms with Crippen LogP contribution < -0.4 is 5.73 Å². The third-order valence-corrected chi connectivity index (χ3v) is 3.94. The number of rotatable bonds is 6. The largest absolute Gasteiger partial charge is 0.336 e. The molecule has 1 aromatic carbocycles. The van der Waals surface area contributed by atoms with Crippen molar-refractivity contribution in [3.63, 3.8) is 0 Å². The molecule has 0 bridgehead atoms. The molecular formula is C19H28N4O. The van der Waals surface area contributed by atoms with Gasteiger partial charge >= 0.3 is 0 Å². The molecule has 0 saturated heterocycles. The summed E-state index contributed by atoms with van der Waals surface area (Å²) in [5.74, 6) is -0.0533. The van der Waals surface area contributed by atoms with Gasteiger partial charge in [0.15, 0.2) is 5.69 Å². The molecule has 0 unspecified atom stereocenters. The van der Waals surface area contributed by atoms with Gasteiger partial charge in [-0.2, -0.15) is 5.10 Å². The lowest BCUT2D eigenvalue weighted by atomic mass is 10.1. The Hall–Kier alpha value is -2.14. The molecule has 130 valence electrons. The Kier molecular flexibility index (Phi) is 5.78. The molecule has 0 saturated carbocycles. The van der Waals surface area contributed by atoms with Gasteiger partial charge in [-0.1, -0.05) is 30.3 Å². The van der Waals surface area contributed by atoms with Gasteiger partial charge < -0.3 is 10.6 Å². The Labute approximate surface area is 144 Å². The van der Waals surface area contributed by atoms with E-state index < -0.39 is 0 Å².